The minimum atomic E-state index is -4.64. The number of anilines is 1. The summed E-state index contributed by atoms with van der Waals surface area (Å²) < 4.78 is 44.1. The van der Waals surface area contributed by atoms with Crippen LogP contribution >= 0.6 is 0 Å². The second-order valence-corrected chi connectivity index (χ2v) is 5.82. The number of nitrogens with zero attached hydrogens (tertiary/aromatic N) is 2. The van der Waals surface area contributed by atoms with Crippen LogP contribution < -0.4 is 5.32 Å². The number of aromatic nitrogens is 2. The molecule has 24 heavy (non-hydrogen) atoms. The summed E-state index contributed by atoms with van der Waals surface area (Å²) in [6, 6.07) is 0.775. The molecule has 0 unspecified atom stereocenters. The van der Waals surface area contributed by atoms with Crippen molar-refractivity contribution < 1.29 is 22.5 Å². The highest BCUT2D eigenvalue weighted by molar-refractivity contribution is 6.04. The second-order valence-electron chi connectivity index (χ2n) is 5.82. The molecule has 0 saturated heterocycles. The Kier molecular flexibility index (Phi) is 4.55. The van der Waals surface area contributed by atoms with E-state index in [4.69, 9.17) is 4.52 Å². The number of pyridine rings is 1. The number of hydrogen-bond acceptors (Lipinski definition) is 4. The third-order valence-electron chi connectivity index (χ3n) is 4.24. The first-order chi connectivity index (χ1) is 11.5. The Morgan fingerprint density at radius 1 is 1.21 bits per heavy atom. The van der Waals surface area contributed by atoms with Crippen LogP contribution in [0.25, 0.3) is 0 Å². The van der Waals surface area contributed by atoms with Crippen LogP contribution in [-0.2, 0) is 6.18 Å². The molecule has 1 N–H and O–H groups in total. The average Bonchev–Trinajstić information content (AvgIpc) is 3.03. The summed E-state index contributed by atoms with van der Waals surface area (Å²) >= 11 is 0. The molecule has 8 heteroatoms. The molecule has 0 atom stereocenters. The van der Waals surface area contributed by atoms with E-state index in [-0.39, 0.29) is 11.8 Å². The zero-order chi connectivity index (χ0) is 17.2. The number of nitrogens with one attached hydrogen (secondary N) is 1. The first kappa shape index (κ1) is 16.5. The molecule has 5 nitrogen and oxygen atoms in total. The van der Waals surface area contributed by atoms with Gasteiger partial charge in [0.05, 0.1) is 17.3 Å². The van der Waals surface area contributed by atoms with Crippen molar-refractivity contribution in [2.45, 2.75) is 44.2 Å². The fourth-order valence-corrected chi connectivity index (χ4v) is 3.04. The standard InChI is InChI=1S/C16H16F3N3O2/c17-16(18,19)13-6-7-20-8-12(13)14(23)22-15-11(9-21-24-15)10-4-2-1-3-5-10/h6-10H,1-5H2,(H,22,23). The van der Waals surface area contributed by atoms with Crippen LogP contribution in [0.5, 0.6) is 0 Å². The molecule has 0 bridgehead atoms. The predicted octanol–water partition coefficient (Wildman–Crippen LogP) is 4.39. The van der Waals surface area contributed by atoms with Gasteiger partial charge in [0, 0.05) is 18.0 Å². The topological polar surface area (TPSA) is 68.0 Å². The van der Waals surface area contributed by atoms with Gasteiger partial charge in [0.2, 0.25) is 5.88 Å². The number of hydrogen-bond donors (Lipinski definition) is 1. The normalized spacial score (nSPS) is 16.1. The molecule has 2 aromatic rings. The van der Waals surface area contributed by atoms with Gasteiger partial charge in [0.25, 0.3) is 5.91 Å². The molecule has 2 heterocycles. The number of rotatable bonds is 3. The summed E-state index contributed by atoms with van der Waals surface area (Å²) in [6.45, 7) is 0. The zero-order valence-corrected chi connectivity index (χ0v) is 12.8. The van der Waals surface area contributed by atoms with Gasteiger partial charge in [0.15, 0.2) is 0 Å². The molecule has 1 amide bonds. The van der Waals surface area contributed by atoms with E-state index in [1.165, 1.54) is 6.20 Å². The van der Waals surface area contributed by atoms with Crippen LogP contribution in [0.4, 0.5) is 19.1 Å². The van der Waals surface area contributed by atoms with Gasteiger partial charge in [-0.3, -0.25) is 15.1 Å². The van der Waals surface area contributed by atoms with Gasteiger partial charge in [-0.25, -0.2) is 0 Å². The maximum atomic E-state index is 13.0. The highest BCUT2D eigenvalue weighted by atomic mass is 19.4. The van der Waals surface area contributed by atoms with Gasteiger partial charge in [0.1, 0.15) is 0 Å². The van der Waals surface area contributed by atoms with Crippen LogP contribution in [0, 0.1) is 0 Å². The Labute approximate surface area is 136 Å². The van der Waals surface area contributed by atoms with Crippen LogP contribution in [0.3, 0.4) is 0 Å². The van der Waals surface area contributed by atoms with Gasteiger partial charge < -0.3 is 4.52 Å². The van der Waals surface area contributed by atoms with E-state index >= 15 is 0 Å². The van der Waals surface area contributed by atoms with E-state index in [0.29, 0.717) is 0 Å². The molecule has 0 spiro atoms. The number of amides is 1. The predicted molar refractivity (Wildman–Crippen MR) is 79.5 cm³/mol. The molecule has 1 fully saturated rings. The first-order valence-corrected chi connectivity index (χ1v) is 7.74. The number of carbonyl (C=O) groups is 1. The van der Waals surface area contributed by atoms with Gasteiger partial charge >= 0.3 is 6.18 Å². The summed E-state index contributed by atoms with van der Waals surface area (Å²) in [5.41, 5.74) is -0.842. The fourth-order valence-electron chi connectivity index (χ4n) is 3.04. The van der Waals surface area contributed by atoms with Crippen molar-refractivity contribution in [3.8, 4) is 0 Å². The second kappa shape index (κ2) is 6.62. The summed E-state index contributed by atoms with van der Waals surface area (Å²) in [4.78, 5) is 15.9. The third kappa shape index (κ3) is 3.42. The molecule has 128 valence electrons. The van der Waals surface area contributed by atoms with Crippen LogP contribution in [0.15, 0.2) is 29.2 Å². The van der Waals surface area contributed by atoms with E-state index in [9.17, 15) is 18.0 Å². The molecular weight excluding hydrogens is 323 g/mol. The SMILES string of the molecule is O=C(Nc1oncc1C1CCCCC1)c1cnccc1C(F)(F)F. The minimum Gasteiger partial charge on any atom is -0.338 e. The smallest absolute Gasteiger partial charge is 0.338 e. The molecule has 0 radical (unpaired) electrons. The maximum Gasteiger partial charge on any atom is 0.417 e. The minimum absolute atomic E-state index is 0.115. The Hall–Kier alpha value is -2.38. The summed E-state index contributed by atoms with van der Waals surface area (Å²) in [5.74, 6) is -0.593. The Balaban J connectivity index is 1.83. The average molecular weight is 339 g/mol. The summed E-state index contributed by atoms with van der Waals surface area (Å²) in [7, 11) is 0. The quantitative estimate of drug-likeness (QED) is 0.900. The third-order valence-corrected chi connectivity index (χ3v) is 4.24. The largest absolute Gasteiger partial charge is 0.417 e. The van der Waals surface area contributed by atoms with Crippen LogP contribution in [0.1, 0.15) is 59.5 Å². The molecular formula is C16H16F3N3O2. The van der Waals surface area contributed by atoms with Crippen molar-refractivity contribution >= 4 is 11.8 Å². The molecule has 0 aromatic carbocycles. The van der Waals surface area contributed by atoms with E-state index in [1.54, 1.807) is 0 Å². The van der Waals surface area contributed by atoms with E-state index < -0.39 is 23.2 Å². The molecule has 1 saturated carbocycles. The van der Waals surface area contributed by atoms with Gasteiger partial charge in [-0.2, -0.15) is 13.2 Å². The monoisotopic (exact) mass is 339 g/mol. The van der Waals surface area contributed by atoms with Crippen molar-refractivity contribution in [2.24, 2.45) is 0 Å². The van der Waals surface area contributed by atoms with Crippen molar-refractivity contribution in [2.75, 3.05) is 5.32 Å². The zero-order valence-electron chi connectivity index (χ0n) is 12.8. The maximum absolute atomic E-state index is 13.0. The van der Waals surface area contributed by atoms with Crippen molar-refractivity contribution in [1.29, 1.82) is 0 Å². The van der Waals surface area contributed by atoms with Gasteiger partial charge in [-0.1, -0.05) is 24.4 Å². The molecule has 1 aliphatic rings. The van der Waals surface area contributed by atoms with Crippen LogP contribution in [0.2, 0.25) is 0 Å². The number of carbonyl (C=O) groups excluding carboxylic acids is 1. The highest BCUT2D eigenvalue weighted by Gasteiger charge is 2.35. The van der Waals surface area contributed by atoms with E-state index in [2.05, 4.69) is 15.5 Å². The lowest BCUT2D eigenvalue weighted by Crippen LogP contribution is -2.19. The van der Waals surface area contributed by atoms with Gasteiger partial charge in [-0.15, -0.1) is 0 Å². The lowest BCUT2D eigenvalue weighted by molar-refractivity contribution is -0.138. The number of halogens is 3. The first-order valence-electron chi connectivity index (χ1n) is 7.74. The summed E-state index contributed by atoms with van der Waals surface area (Å²) in [5, 5.41) is 6.10. The number of alkyl halides is 3. The Morgan fingerprint density at radius 3 is 2.67 bits per heavy atom. The molecule has 2 aromatic heterocycles. The molecule has 0 aliphatic heterocycles. The highest BCUT2D eigenvalue weighted by Crippen LogP contribution is 2.37. The van der Waals surface area contributed by atoms with Crippen molar-refractivity contribution in [3.63, 3.8) is 0 Å². The van der Waals surface area contributed by atoms with E-state index in [0.717, 1.165) is 56.1 Å². The fraction of sp³-hybridized carbons (Fsp3) is 0.438. The van der Waals surface area contributed by atoms with Crippen molar-refractivity contribution in [1.82, 2.24) is 10.1 Å². The lowest BCUT2D eigenvalue weighted by Gasteiger charge is -2.20. The Morgan fingerprint density at radius 2 is 1.96 bits per heavy atom. The summed E-state index contributed by atoms with van der Waals surface area (Å²) in [6.07, 6.45) is 4.00. The Bertz CT molecular complexity index is 721. The van der Waals surface area contributed by atoms with Gasteiger partial charge in [-0.05, 0) is 24.8 Å². The van der Waals surface area contributed by atoms with E-state index in [1.807, 2.05) is 0 Å². The van der Waals surface area contributed by atoms with Crippen molar-refractivity contribution in [3.05, 3.63) is 41.3 Å². The molecule has 1 aliphatic carbocycles. The van der Waals surface area contributed by atoms with Crippen LogP contribution in [-0.4, -0.2) is 16.0 Å². The lowest BCUT2D eigenvalue weighted by atomic mass is 9.85. The molecule has 3 rings (SSSR count).